The summed E-state index contributed by atoms with van der Waals surface area (Å²) in [5, 5.41) is 4.32. The van der Waals surface area contributed by atoms with Gasteiger partial charge < -0.3 is 19.7 Å². The van der Waals surface area contributed by atoms with E-state index < -0.39 is 0 Å². The summed E-state index contributed by atoms with van der Waals surface area (Å²) in [7, 11) is 1.60. The highest BCUT2D eigenvalue weighted by atomic mass is 32.1. The van der Waals surface area contributed by atoms with Crippen LogP contribution in [0.3, 0.4) is 0 Å². The number of amides is 1. The number of carbonyl (C=O) groups is 1. The zero-order chi connectivity index (χ0) is 24.0. The van der Waals surface area contributed by atoms with Gasteiger partial charge >= 0.3 is 6.09 Å². The molecule has 1 amide bonds. The van der Waals surface area contributed by atoms with Crippen molar-refractivity contribution in [2.24, 2.45) is 5.92 Å². The molecule has 1 aromatic heterocycles. The summed E-state index contributed by atoms with van der Waals surface area (Å²) in [6.07, 6.45) is 5.21. The molecule has 1 aliphatic carbocycles. The van der Waals surface area contributed by atoms with E-state index in [0.717, 1.165) is 70.1 Å². The summed E-state index contributed by atoms with van der Waals surface area (Å²) < 4.78 is 16.6. The van der Waals surface area contributed by atoms with E-state index in [1.54, 1.807) is 30.8 Å². The molecule has 186 valence electrons. The van der Waals surface area contributed by atoms with E-state index in [-0.39, 0.29) is 12.1 Å². The summed E-state index contributed by atoms with van der Waals surface area (Å²) >= 11 is 1.60. The maximum absolute atomic E-state index is 12.3. The fourth-order valence-electron chi connectivity index (χ4n) is 5.21. The van der Waals surface area contributed by atoms with Crippen LogP contribution in [0.15, 0.2) is 48.5 Å². The predicted octanol–water partition coefficient (Wildman–Crippen LogP) is 5.16. The molecule has 0 atom stereocenters. The Balaban J connectivity index is 1.00. The van der Waals surface area contributed by atoms with Crippen molar-refractivity contribution >= 4 is 33.5 Å². The zero-order valence-corrected chi connectivity index (χ0v) is 21.1. The average molecular weight is 495 g/mol. The molecule has 3 aromatic rings. The van der Waals surface area contributed by atoms with Crippen LogP contribution in [0.1, 0.15) is 32.1 Å². The molecule has 5 rings (SSSR count). The van der Waals surface area contributed by atoms with Gasteiger partial charge in [-0.3, -0.25) is 4.90 Å². The van der Waals surface area contributed by atoms with Crippen LogP contribution in [0.25, 0.3) is 10.1 Å². The summed E-state index contributed by atoms with van der Waals surface area (Å²) in [5.41, 5.74) is 0. The molecule has 2 fully saturated rings. The Labute approximate surface area is 211 Å². The third kappa shape index (κ3) is 6.05. The molecular formula is C27H34N4O3S. The van der Waals surface area contributed by atoms with Crippen molar-refractivity contribution in [3.8, 4) is 11.5 Å². The number of fused-ring (bicyclic) bond motifs is 1. The Kier molecular flexibility index (Phi) is 7.69. The summed E-state index contributed by atoms with van der Waals surface area (Å²) in [6.45, 7) is 5.43. The standard InChI is InChI=1S/C27H34N4O3S/c1-33-22-5-4-6-23(19-22)34-27(32)28-21-11-9-20(10-12-21)13-14-30-15-17-31(18-16-30)26-24-7-2-3-8-25(24)35-29-26/h2-8,19-21H,9-18H2,1H3,(H,28,32). The number of nitrogens with zero attached hydrogens (tertiary/aromatic N) is 3. The number of hydrogen-bond donors (Lipinski definition) is 1. The van der Waals surface area contributed by atoms with Gasteiger partial charge in [0.15, 0.2) is 0 Å². The van der Waals surface area contributed by atoms with Crippen LogP contribution in [-0.2, 0) is 0 Å². The minimum atomic E-state index is -0.382. The first-order chi connectivity index (χ1) is 17.2. The van der Waals surface area contributed by atoms with Crippen LogP contribution in [0.4, 0.5) is 10.6 Å². The van der Waals surface area contributed by atoms with E-state index in [1.807, 2.05) is 12.1 Å². The van der Waals surface area contributed by atoms with Gasteiger partial charge in [0.05, 0.1) is 11.8 Å². The molecule has 1 N–H and O–H groups in total. The van der Waals surface area contributed by atoms with Crippen LogP contribution < -0.4 is 19.7 Å². The van der Waals surface area contributed by atoms with Gasteiger partial charge in [0.1, 0.15) is 17.3 Å². The van der Waals surface area contributed by atoms with Gasteiger partial charge in [-0.2, -0.15) is 4.37 Å². The predicted molar refractivity (Wildman–Crippen MR) is 141 cm³/mol. The second-order valence-corrected chi connectivity index (χ2v) is 10.4. The van der Waals surface area contributed by atoms with Crippen molar-refractivity contribution in [3.05, 3.63) is 48.5 Å². The summed E-state index contributed by atoms with van der Waals surface area (Å²) in [4.78, 5) is 17.3. The highest BCUT2D eigenvalue weighted by molar-refractivity contribution is 7.13. The number of benzene rings is 2. The van der Waals surface area contributed by atoms with Gasteiger partial charge in [0.25, 0.3) is 0 Å². The molecule has 0 bridgehead atoms. The van der Waals surface area contributed by atoms with Crippen LogP contribution in [-0.4, -0.2) is 61.2 Å². The Morgan fingerprint density at radius 3 is 2.60 bits per heavy atom. The summed E-state index contributed by atoms with van der Waals surface area (Å²) in [5.74, 6) is 3.07. The SMILES string of the molecule is COc1cccc(OC(=O)NC2CCC(CCN3CCN(c4nsc5ccccc45)CC3)CC2)c1. The van der Waals surface area contributed by atoms with E-state index in [4.69, 9.17) is 13.8 Å². The average Bonchev–Trinajstić information content (AvgIpc) is 3.33. The first-order valence-corrected chi connectivity index (χ1v) is 13.4. The third-order valence-electron chi connectivity index (χ3n) is 7.30. The lowest BCUT2D eigenvalue weighted by molar-refractivity contribution is 0.182. The van der Waals surface area contributed by atoms with Crippen molar-refractivity contribution in [2.45, 2.75) is 38.1 Å². The lowest BCUT2D eigenvalue weighted by Crippen LogP contribution is -2.47. The minimum absolute atomic E-state index is 0.195. The van der Waals surface area contributed by atoms with Crippen molar-refractivity contribution in [1.29, 1.82) is 0 Å². The normalized spacial score (nSPS) is 21.1. The van der Waals surface area contributed by atoms with E-state index in [9.17, 15) is 4.79 Å². The molecule has 0 unspecified atom stereocenters. The fourth-order valence-corrected chi connectivity index (χ4v) is 6.01. The molecule has 1 saturated carbocycles. The molecule has 2 heterocycles. The topological polar surface area (TPSA) is 66.9 Å². The molecule has 1 aliphatic heterocycles. The first kappa shape index (κ1) is 23.9. The Hall–Kier alpha value is -2.84. The Bertz CT molecular complexity index is 1120. The molecule has 2 aliphatic rings. The number of aromatic nitrogens is 1. The van der Waals surface area contributed by atoms with Gasteiger partial charge in [-0.05, 0) is 80.4 Å². The van der Waals surface area contributed by atoms with Crippen molar-refractivity contribution in [2.75, 3.05) is 44.7 Å². The number of piperazine rings is 1. The van der Waals surface area contributed by atoms with E-state index in [2.05, 4.69) is 39.4 Å². The van der Waals surface area contributed by atoms with E-state index in [1.165, 1.54) is 16.5 Å². The number of anilines is 1. The van der Waals surface area contributed by atoms with Crippen molar-refractivity contribution in [1.82, 2.24) is 14.6 Å². The summed E-state index contributed by atoms with van der Waals surface area (Å²) in [6, 6.07) is 15.8. The monoisotopic (exact) mass is 494 g/mol. The fraction of sp³-hybridized carbons (Fsp3) is 0.481. The lowest BCUT2D eigenvalue weighted by Gasteiger charge is -2.36. The van der Waals surface area contributed by atoms with Gasteiger partial charge in [0, 0.05) is 43.7 Å². The minimum Gasteiger partial charge on any atom is -0.497 e. The van der Waals surface area contributed by atoms with E-state index in [0.29, 0.717) is 11.5 Å². The van der Waals surface area contributed by atoms with Crippen LogP contribution in [0.2, 0.25) is 0 Å². The number of ether oxygens (including phenoxy) is 2. The number of nitrogens with one attached hydrogen (secondary N) is 1. The molecule has 0 radical (unpaired) electrons. The van der Waals surface area contributed by atoms with Gasteiger partial charge in [0.2, 0.25) is 0 Å². The van der Waals surface area contributed by atoms with E-state index >= 15 is 0 Å². The number of hydrogen-bond acceptors (Lipinski definition) is 7. The highest BCUT2D eigenvalue weighted by Crippen LogP contribution is 2.31. The molecule has 0 spiro atoms. The first-order valence-electron chi connectivity index (χ1n) is 12.6. The van der Waals surface area contributed by atoms with Crippen LogP contribution >= 0.6 is 11.5 Å². The maximum Gasteiger partial charge on any atom is 0.412 e. The number of carbonyl (C=O) groups excluding carboxylic acids is 1. The van der Waals surface area contributed by atoms with Gasteiger partial charge in [-0.1, -0.05) is 18.2 Å². The maximum atomic E-state index is 12.3. The molecule has 2 aromatic carbocycles. The Morgan fingerprint density at radius 2 is 1.80 bits per heavy atom. The third-order valence-corrected chi connectivity index (χ3v) is 8.12. The highest BCUT2D eigenvalue weighted by Gasteiger charge is 2.25. The van der Waals surface area contributed by atoms with Crippen LogP contribution in [0.5, 0.6) is 11.5 Å². The number of rotatable bonds is 7. The largest absolute Gasteiger partial charge is 0.497 e. The molecule has 35 heavy (non-hydrogen) atoms. The smallest absolute Gasteiger partial charge is 0.412 e. The molecule has 1 saturated heterocycles. The molecule has 8 heteroatoms. The number of methoxy groups -OCH3 is 1. The van der Waals surface area contributed by atoms with Gasteiger partial charge in [-0.25, -0.2) is 4.79 Å². The second-order valence-electron chi connectivity index (χ2n) is 9.55. The van der Waals surface area contributed by atoms with Crippen LogP contribution in [0, 0.1) is 5.92 Å². The molecular weight excluding hydrogens is 460 g/mol. The van der Waals surface area contributed by atoms with Crippen molar-refractivity contribution in [3.63, 3.8) is 0 Å². The Morgan fingerprint density at radius 1 is 1.03 bits per heavy atom. The zero-order valence-electron chi connectivity index (χ0n) is 20.3. The lowest BCUT2D eigenvalue weighted by atomic mass is 9.84. The quantitative estimate of drug-likeness (QED) is 0.489. The molecule has 7 nitrogen and oxygen atoms in total. The van der Waals surface area contributed by atoms with Crippen molar-refractivity contribution < 1.29 is 14.3 Å². The van der Waals surface area contributed by atoms with Gasteiger partial charge in [-0.15, -0.1) is 0 Å². The second kappa shape index (κ2) is 11.3.